The van der Waals surface area contributed by atoms with Crippen molar-refractivity contribution < 1.29 is 4.92 Å². The Hall–Kier alpha value is -1.78. The number of nitrogens with one attached hydrogen (secondary N) is 1. The fourth-order valence-corrected chi connectivity index (χ4v) is 2.77. The molecule has 1 aromatic rings. The van der Waals surface area contributed by atoms with Crippen LogP contribution in [0.1, 0.15) is 39.5 Å². The van der Waals surface area contributed by atoms with Crippen LogP contribution in [0.4, 0.5) is 17.1 Å². The molecule has 1 fully saturated rings. The first kappa shape index (κ1) is 15.6. The maximum Gasteiger partial charge on any atom is 0.315 e. The molecule has 0 bridgehead atoms. The average Bonchev–Trinajstić information content (AvgIpc) is 2.43. The van der Waals surface area contributed by atoms with Crippen molar-refractivity contribution in [3.05, 3.63) is 28.3 Å². The number of rotatable bonds is 8. The van der Waals surface area contributed by atoms with E-state index >= 15 is 0 Å². The minimum Gasteiger partial charge on any atom is -0.379 e. The summed E-state index contributed by atoms with van der Waals surface area (Å²) in [4.78, 5) is 13.4. The first-order valence-corrected chi connectivity index (χ1v) is 7.93. The lowest BCUT2D eigenvalue weighted by Crippen LogP contribution is -2.32. The van der Waals surface area contributed by atoms with Crippen molar-refractivity contribution in [3.63, 3.8) is 0 Å². The lowest BCUT2D eigenvalue weighted by molar-refractivity contribution is -0.383. The molecule has 0 radical (unpaired) electrons. The van der Waals surface area contributed by atoms with Gasteiger partial charge in [-0.05, 0) is 44.2 Å². The molecule has 0 heterocycles. The summed E-state index contributed by atoms with van der Waals surface area (Å²) in [6.07, 6.45) is 4.74. The Morgan fingerprint density at radius 2 is 2.14 bits per heavy atom. The molecule has 21 heavy (non-hydrogen) atoms. The molecular formula is C16H25N3O2. The molecule has 0 unspecified atom stereocenters. The highest BCUT2D eigenvalue weighted by molar-refractivity contribution is 5.77. The van der Waals surface area contributed by atoms with Crippen LogP contribution >= 0.6 is 0 Å². The molecule has 1 saturated carbocycles. The SMILES string of the molecule is CCCNc1cccc(N(CC)CC2CCC2)c1[N+](=O)[O-]. The Kier molecular flexibility index (Phi) is 5.42. The third-order valence-electron chi connectivity index (χ3n) is 4.19. The summed E-state index contributed by atoms with van der Waals surface area (Å²) in [7, 11) is 0. The molecule has 1 aliphatic rings. The van der Waals surface area contributed by atoms with Crippen LogP contribution in [0.2, 0.25) is 0 Å². The fraction of sp³-hybridized carbons (Fsp3) is 0.625. The topological polar surface area (TPSA) is 58.4 Å². The second kappa shape index (κ2) is 7.29. The van der Waals surface area contributed by atoms with Crippen molar-refractivity contribution in [1.82, 2.24) is 0 Å². The number of anilines is 2. The van der Waals surface area contributed by atoms with Crippen molar-refractivity contribution in [3.8, 4) is 0 Å². The monoisotopic (exact) mass is 291 g/mol. The molecule has 0 atom stereocenters. The Morgan fingerprint density at radius 3 is 2.67 bits per heavy atom. The van der Waals surface area contributed by atoms with Crippen molar-refractivity contribution >= 4 is 17.1 Å². The van der Waals surface area contributed by atoms with E-state index in [-0.39, 0.29) is 10.6 Å². The second-order valence-corrected chi connectivity index (χ2v) is 5.69. The van der Waals surface area contributed by atoms with Gasteiger partial charge in [-0.2, -0.15) is 0 Å². The van der Waals surface area contributed by atoms with Gasteiger partial charge in [0.15, 0.2) is 0 Å². The summed E-state index contributed by atoms with van der Waals surface area (Å²) < 4.78 is 0. The van der Waals surface area contributed by atoms with Crippen LogP contribution < -0.4 is 10.2 Å². The number of hydrogen-bond donors (Lipinski definition) is 1. The summed E-state index contributed by atoms with van der Waals surface area (Å²) in [5.41, 5.74) is 1.59. The van der Waals surface area contributed by atoms with E-state index in [1.54, 1.807) is 6.07 Å². The molecule has 0 spiro atoms. The van der Waals surface area contributed by atoms with E-state index in [9.17, 15) is 10.1 Å². The molecule has 1 aliphatic carbocycles. The van der Waals surface area contributed by atoms with Gasteiger partial charge >= 0.3 is 5.69 Å². The lowest BCUT2D eigenvalue weighted by atomic mass is 9.85. The van der Waals surface area contributed by atoms with Crippen LogP contribution in [0.15, 0.2) is 18.2 Å². The molecule has 5 nitrogen and oxygen atoms in total. The first-order chi connectivity index (χ1) is 10.2. The maximum absolute atomic E-state index is 11.5. The zero-order valence-electron chi connectivity index (χ0n) is 13.0. The Labute approximate surface area is 126 Å². The predicted molar refractivity (Wildman–Crippen MR) is 87.1 cm³/mol. The van der Waals surface area contributed by atoms with Gasteiger partial charge in [0.1, 0.15) is 11.4 Å². The number of para-hydroxylation sites is 1. The second-order valence-electron chi connectivity index (χ2n) is 5.69. The molecule has 5 heteroatoms. The normalized spacial score (nSPS) is 14.6. The van der Waals surface area contributed by atoms with E-state index in [1.165, 1.54) is 19.3 Å². The molecule has 1 aromatic carbocycles. The van der Waals surface area contributed by atoms with Gasteiger partial charge in [0.05, 0.1) is 4.92 Å². The molecule has 1 N–H and O–H groups in total. The number of benzene rings is 1. The third-order valence-corrected chi connectivity index (χ3v) is 4.19. The first-order valence-electron chi connectivity index (χ1n) is 7.93. The van der Waals surface area contributed by atoms with E-state index in [4.69, 9.17) is 0 Å². The Morgan fingerprint density at radius 1 is 1.38 bits per heavy atom. The summed E-state index contributed by atoms with van der Waals surface area (Å²) in [5, 5.41) is 14.7. The number of hydrogen-bond acceptors (Lipinski definition) is 4. The van der Waals surface area contributed by atoms with Crippen molar-refractivity contribution in [2.24, 2.45) is 5.92 Å². The van der Waals surface area contributed by atoms with Crippen LogP contribution in [0.5, 0.6) is 0 Å². The minimum atomic E-state index is -0.253. The molecule has 0 amide bonds. The van der Waals surface area contributed by atoms with Crippen LogP contribution in [0.3, 0.4) is 0 Å². The van der Waals surface area contributed by atoms with Crippen molar-refractivity contribution in [1.29, 1.82) is 0 Å². The number of nitro groups is 1. The van der Waals surface area contributed by atoms with Gasteiger partial charge in [0.2, 0.25) is 0 Å². The van der Waals surface area contributed by atoms with E-state index in [2.05, 4.69) is 24.1 Å². The largest absolute Gasteiger partial charge is 0.379 e. The molecule has 0 aromatic heterocycles. The summed E-state index contributed by atoms with van der Waals surface area (Å²) in [6.45, 7) is 6.59. The average molecular weight is 291 g/mol. The van der Waals surface area contributed by atoms with Crippen molar-refractivity contribution in [2.75, 3.05) is 29.9 Å². The van der Waals surface area contributed by atoms with Crippen LogP contribution in [0, 0.1) is 16.0 Å². The lowest BCUT2D eigenvalue weighted by Gasteiger charge is -2.33. The molecule has 116 valence electrons. The smallest absolute Gasteiger partial charge is 0.315 e. The maximum atomic E-state index is 11.5. The Bertz CT molecular complexity index is 486. The zero-order valence-corrected chi connectivity index (χ0v) is 13.0. The summed E-state index contributed by atoms with van der Waals surface area (Å²) in [5.74, 6) is 0.691. The van der Waals surface area contributed by atoms with E-state index in [1.807, 2.05) is 12.1 Å². The highest BCUT2D eigenvalue weighted by Gasteiger charge is 2.26. The van der Waals surface area contributed by atoms with E-state index in [0.717, 1.165) is 31.7 Å². The molecule has 0 saturated heterocycles. The molecular weight excluding hydrogens is 266 g/mol. The van der Waals surface area contributed by atoms with E-state index in [0.29, 0.717) is 11.6 Å². The van der Waals surface area contributed by atoms with Crippen LogP contribution in [0.25, 0.3) is 0 Å². The van der Waals surface area contributed by atoms with Gasteiger partial charge in [-0.3, -0.25) is 10.1 Å². The fourth-order valence-electron chi connectivity index (χ4n) is 2.77. The van der Waals surface area contributed by atoms with Crippen molar-refractivity contribution in [2.45, 2.75) is 39.5 Å². The highest BCUT2D eigenvalue weighted by Crippen LogP contribution is 2.37. The van der Waals surface area contributed by atoms with Crippen LogP contribution in [-0.4, -0.2) is 24.6 Å². The van der Waals surface area contributed by atoms with Gasteiger partial charge < -0.3 is 10.2 Å². The van der Waals surface area contributed by atoms with Gasteiger partial charge in [-0.1, -0.05) is 19.4 Å². The molecule has 0 aliphatic heterocycles. The zero-order chi connectivity index (χ0) is 15.2. The Balaban J connectivity index is 2.28. The minimum absolute atomic E-state index is 0.215. The van der Waals surface area contributed by atoms with Gasteiger partial charge in [-0.15, -0.1) is 0 Å². The highest BCUT2D eigenvalue weighted by atomic mass is 16.6. The predicted octanol–water partition coefficient (Wildman–Crippen LogP) is 4.04. The van der Waals surface area contributed by atoms with Gasteiger partial charge in [0, 0.05) is 19.6 Å². The van der Waals surface area contributed by atoms with Crippen LogP contribution in [-0.2, 0) is 0 Å². The van der Waals surface area contributed by atoms with Gasteiger partial charge in [0.25, 0.3) is 0 Å². The standard InChI is InChI=1S/C16H25N3O2/c1-3-11-17-14-9-6-10-15(16(14)19(20)21)18(4-2)12-13-7-5-8-13/h6,9-10,13,17H,3-5,7-8,11-12H2,1-2H3. The number of nitrogens with zero attached hydrogens (tertiary/aromatic N) is 2. The summed E-state index contributed by atoms with van der Waals surface area (Å²) in [6, 6.07) is 5.58. The molecule has 2 rings (SSSR count). The summed E-state index contributed by atoms with van der Waals surface area (Å²) >= 11 is 0. The van der Waals surface area contributed by atoms with E-state index < -0.39 is 0 Å². The third kappa shape index (κ3) is 3.65. The quantitative estimate of drug-likeness (QED) is 0.580. The van der Waals surface area contributed by atoms with Gasteiger partial charge in [-0.25, -0.2) is 0 Å². The number of nitro benzene ring substituents is 1.